The molecule has 206 valence electrons. The van der Waals surface area contributed by atoms with E-state index in [0.717, 1.165) is 45.6 Å². The van der Waals surface area contributed by atoms with Crippen LogP contribution >= 0.6 is 15.9 Å². The van der Waals surface area contributed by atoms with Gasteiger partial charge < -0.3 is 10.2 Å². The third-order valence-electron chi connectivity index (χ3n) is 7.11. The van der Waals surface area contributed by atoms with Crippen LogP contribution in [0.3, 0.4) is 0 Å². The van der Waals surface area contributed by atoms with E-state index in [9.17, 15) is 18.0 Å². The number of nitrogens with zero attached hydrogens (tertiary/aromatic N) is 2. The number of carbonyl (C=O) groups is 2. The number of para-hydroxylation sites is 1. The molecule has 1 aliphatic rings. The van der Waals surface area contributed by atoms with Crippen LogP contribution in [-0.2, 0) is 26.2 Å². The molecule has 2 amide bonds. The van der Waals surface area contributed by atoms with Crippen molar-refractivity contribution in [3.8, 4) is 0 Å². The molecule has 0 aliphatic heterocycles. The molecule has 0 aromatic heterocycles. The molecule has 0 spiro atoms. The van der Waals surface area contributed by atoms with Gasteiger partial charge in [0.05, 0.1) is 10.6 Å². The molecule has 1 N–H and O–H groups in total. The first-order valence-electron chi connectivity index (χ1n) is 13.1. The molecule has 1 aliphatic carbocycles. The van der Waals surface area contributed by atoms with Crippen molar-refractivity contribution >= 4 is 43.5 Å². The van der Waals surface area contributed by atoms with Gasteiger partial charge in [0.15, 0.2) is 0 Å². The summed E-state index contributed by atoms with van der Waals surface area (Å²) in [6, 6.07) is 22.0. The molecular weight excluding hydrogens is 578 g/mol. The average molecular weight is 613 g/mol. The molecule has 0 unspecified atom stereocenters. The molecule has 1 saturated carbocycles. The fourth-order valence-electron chi connectivity index (χ4n) is 4.88. The van der Waals surface area contributed by atoms with E-state index in [1.165, 1.54) is 17.0 Å². The number of amides is 2. The second-order valence-electron chi connectivity index (χ2n) is 9.93. The topological polar surface area (TPSA) is 86.8 Å². The summed E-state index contributed by atoms with van der Waals surface area (Å²) in [6.07, 6.45) is 3.99. The lowest BCUT2D eigenvalue weighted by Crippen LogP contribution is -2.52. The van der Waals surface area contributed by atoms with Crippen LogP contribution < -0.4 is 9.62 Å². The quantitative estimate of drug-likeness (QED) is 0.331. The van der Waals surface area contributed by atoms with E-state index in [1.54, 1.807) is 37.3 Å². The smallest absolute Gasteiger partial charge is 0.264 e. The molecule has 7 nitrogen and oxygen atoms in total. The molecule has 0 bridgehead atoms. The third-order valence-corrected chi connectivity index (χ3v) is 9.37. The van der Waals surface area contributed by atoms with Crippen LogP contribution in [0.4, 0.5) is 5.69 Å². The molecule has 0 heterocycles. The average Bonchev–Trinajstić information content (AvgIpc) is 3.44. The van der Waals surface area contributed by atoms with E-state index in [2.05, 4.69) is 21.2 Å². The predicted octanol–water partition coefficient (Wildman–Crippen LogP) is 5.43. The van der Waals surface area contributed by atoms with Gasteiger partial charge in [-0.2, -0.15) is 0 Å². The van der Waals surface area contributed by atoms with E-state index in [4.69, 9.17) is 0 Å². The number of anilines is 1. The Morgan fingerprint density at radius 3 is 2.31 bits per heavy atom. The Morgan fingerprint density at radius 1 is 0.974 bits per heavy atom. The van der Waals surface area contributed by atoms with Gasteiger partial charge in [0.2, 0.25) is 11.8 Å². The number of nitrogens with one attached hydrogen (secondary N) is 1. The van der Waals surface area contributed by atoms with Gasteiger partial charge in [0, 0.05) is 17.1 Å². The zero-order valence-corrected chi connectivity index (χ0v) is 24.6. The van der Waals surface area contributed by atoms with Crippen LogP contribution in [0.1, 0.15) is 43.7 Å². The Labute approximate surface area is 239 Å². The van der Waals surface area contributed by atoms with Gasteiger partial charge in [-0.25, -0.2) is 8.42 Å². The van der Waals surface area contributed by atoms with Gasteiger partial charge in [0.25, 0.3) is 10.0 Å². The number of rotatable bonds is 10. The molecule has 1 fully saturated rings. The van der Waals surface area contributed by atoms with Crippen molar-refractivity contribution in [2.24, 2.45) is 0 Å². The van der Waals surface area contributed by atoms with Gasteiger partial charge in [-0.15, -0.1) is 0 Å². The van der Waals surface area contributed by atoms with Crippen molar-refractivity contribution < 1.29 is 18.0 Å². The van der Waals surface area contributed by atoms with E-state index >= 15 is 0 Å². The van der Waals surface area contributed by atoms with Crippen LogP contribution in [-0.4, -0.2) is 43.8 Å². The Morgan fingerprint density at radius 2 is 1.64 bits per heavy atom. The van der Waals surface area contributed by atoms with Gasteiger partial charge in [0.1, 0.15) is 12.6 Å². The first-order chi connectivity index (χ1) is 18.7. The maximum atomic E-state index is 14.0. The summed E-state index contributed by atoms with van der Waals surface area (Å²) in [4.78, 5) is 28.9. The highest BCUT2D eigenvalue weighted by molar-refractivity contribution is 9.10. The highest BCUT2D eigenvalue weighted by atomic mass is 79.9. The minimum Gasteiger partial charge on any atom is -0.352 e. The predicted molar refractivity (Wildman–Crippen MR) is 157 cm³/mol. The molecule has 9 heteroatoms. The van der Waals surface area contributed by atoms with Gasteiger partial charge in [-0.3, -0.25) is 13.9 Å². The highest BCUT2D eigenvalue weighted by Gasteiger charge is 2.33. The van der Waals surface area contributed by atoms with E-state index < -0.39 is 28.5 Å². The molecule has 39 heavy (non-hydrogen) atoms. The molecule has 0 saturated heterocycles. The molecule has 3 aromatic rings. The highest BCUT2D eigenvalue weighted by Crippen LogP contribution is 2.27. The maximum Gasteiger partial charge on any atom is 0.264 e. The van der Waals surface area contributed by atoms with E-state index in [1.807, 2.05) is 43.3 Å². The minimum atomic E-state index is -4.07. The normalized spacial score (nSPS) is 14.5. The van der Waals surface area contributed by atoms with E-state index in [-0.39, 0.29) is 23.4 Å². The van der Waals surface area contributed by atoms with Gasteiger partial charge in [-0.1, -0.05) is 77.3 Å². The van der Waals surface area contributed by atoms with Crippen molar-refractivity contribution in [1.82, 2.24) is 10.2 Å². The van der Waals surface area contributed by atoms with Crippen LogP contribution in [0.15, 0.2) is 88.2 Å². The second kappa shape index (κ2) is 12.8. The fraction of sp³-hybridized carbons (Fsp3) is 0.333. The first kappa shape index (κ1) is 28.8. The van der Waals surface area contributed by atoms with Crippen molar-refractivity contribution in [2.75, 3.05) is 10.8 Å². The Kier molecular flexibility index (Phi) is 9.45. The lowest BCUT2D eigenvalue weighted by Gasteiger charge is -2.33. The number of halogens is 1. The maximum absolute atomic E-state index is 14.0. The molecular formula is C30H34BrN3O4S. The Hall–Kier alpha value is -3.17. The zero-order chi connectivity index (χ0) is 28.0. The van der Waals surface area contributed by atoms with Crippen LogP contribution in [0.5, 0.6) is 0 Å². The number of hydrogen-bond acceptors (Lipinski definition) is 4. The summed E-state index contributed by atoms with van der Waals surface area (Å²) in [5.41, 5.74) is 1.96. The number of aryl methyl sites for hydroxylation is 1. The van der Waals surface area contributed by atoms with Crippen LogP contribution in [0.2, 0.25) is 0 Å². The Bertz CT molecular complexity index is 1410. The van der Waals surface area contributed by atoms with Crippen molar-refractivity contribution in [3.63, 3.8) is 0 Å². The standard InChI is InChI=1S/C30H34BrN3O4S/c1-22-11-6-9-18-28(22)34(39(37,38)27-16-4-3-5-17-27)21-29(35)33(20-24-12-10-13-25(31)19-24)23(2)30(36)32-26-14-7-8-15-26/h3-6,9-13,16-19,23,26H,7-8,14-15,20-21H2,1-2H3,(H,32,36)/t23-/m0/s1. The molecule has 0 radical (unpaired) electrons. The fourth-order valence-corrected chi connectivity index (χ4v) is 6.83. The lowest BCUT2D eigenvalue weighted by molar-refractivity contribution is -0.139. The Balaban J connectivity index is 1.69. The van der Waals surface area contributed by atoms with Crippen molar-refractivity contribution in [2.45, 2.75) is 63.1 Å². The number of sulfonamides is 1. The monoisotopic (exact) mass is 611 g/mol. The summed E-state index contributed by atoms with van der Waals surface area (Å²) in [7, 11) is -4.07. The van der Waals surface area contributed by atoms with Crippen molar-refractivity contribution in [1.29, 1.82) is 0 Å². The first-order valence-corrected chi connectivity index (χ1v) is 15.4. The lowest BCUT2D eigenvalue weighted by atomic mass is 10.1. The van der Waals surface area contributed by atoms with Gasteiger partial charge >= 0.3 is 0 Å². The van der Waals surface area contributed by atoms with Crippen LogP contribution in [0.25, 0.3) is 0 Å². The number of benzene rings is 3. The number of hydrogen-bond donors (Lipinski definition) is 1. The van der Waals surface area contributed by atoms with Crippen molar-refractivity contribution in [3.05, 3.63) is 94.5 Å². The van der Waals surface area contributed by atoms with Crippen LogP contribution in [0, 0.1) is 6.92 Å². The SMILES string of the molecule is Cc1ccccc1N(CC(=O)N(Cc1cccc(Br)c1)[C@@H](C)C(=O)NC1CCCC1)S(=O)(=O)c1ccccc1. The molecule has 3 aromatic carbocycles. The summed E-state index contributed by atoms with van der Waals surface area (Å²) in [6.45, 7) is 3.22. The second-order valence-corrected chi connectivity index (χ2v) is 12.7. The molecule has 1 atom stereocenters. The minimum absolute atomic E-state index is 0.0895. The molecule has 4 rings (SSSR count). The zero-order valence-electron chi connectivity index (χ0n) is 22.2. The summed E-state index contributed by atoms with van der Waals surface area (Å²) < 4.78 is 29.7. The third kappa shape index (κ3) is 7.08. The largest absolute Gasteiger partial charge is 0.352 e. The summed E-state index contributed by atoms with van der Waals surface area (Å²) in [5, 5.41) is 3.09. The number of carbonyl (C=O) groups excluding carboxylic acids is 2. The summed E-state index contributed by atoms with van der Waals surface area (Å²) in [5.74, 6) is -0.703. The van der Waals surface area contributed by atoms with Gasteiger partial charge in [-0.05, 0) is 68.1 Å². The summed E-state index contributed by atoms with van der Waals surface area (Å²) >= 11 is 3.47. The van der Waals surface area contributed by atoms with E-state index in [0.29, 0.717) is 5.69 Å².